The van der Waals surface area contributed by atoms with Crippen LogP contribution in [0.3, 0.4) is 0 Å². The van der Waals surface area contributed by atoms with E-state index in [-0.39, 0.29) is 11.9 Å². The highest BCUT2D eigenvalue weighted by atomic mass is 16.5. The second kappa shape index (κ2) is 4.74. The van der Waals surface area contributed by atoms with Gasteiger partial charge in [0, 0.05) is 12.2 Å². The monoisotopic (exact) mass is 275 g/mol. The van der Waals surface area contributed by atoms with Crippen LogP contribution in [0.5, 0.6) is 5.88 Å². The van der Waals surface area contributed by atoms with Gasteiger partial charge in [-0.1, -0.05) is 0 Å². The number of hydrogen-bond acceptors (Lipinski definition) is 4. The number of carbonyl (C=O) groups excluding carboxylic acids is 1. The Bertz CT molecular complexity index is 536. The van der Waals surface area contributed by atoms with Gasteiger partial charge in [-0.05, 0) is 58.3 Å². The van der Waals surface area contributed by atoms with Gasteiger partial charge in [0.05, 0.1) is 0 Å². The summed E-state index contributed by atoms with van der Waals surface area (Å²) >= 11 is 0. The molecule has 108 valence electrons. The average Bonchev–Trinajstić information content (AvgIpc) is 2.42. The van der Waals surface area contributed by atoms with Crippen molar-refractivity contribution >= 4 is 11.6 Å². The van der Waals surface area contributed by atoms with E-state index in [1.54, 1.807) is 6.20 Å². The van der Waals surface area contributed by atoms with E-state index in [9.17, 15) is 4.79 Å². The molecule has 1 fully saturated rings. The smallest absolute Gasteiger partial charge is 0.271 e. The molecule has 3 heterocycles. The Morgan fingerprint density at radius 3 is 2.80 bits per heavy atom. The lowest BCUT2D eigenvalue weighted by Gasteiger charge is -2.43. The van der Waals surface area contributed by atoms with E-state index < -0.39 is 5.60 Å². The second-order valence-corrected chi connectivity index (χ2v) is 6.11. The third-order valence-corrected chi connectivity index (χ3v) is 3.99. The van der Waals surface area contributed by atoms with Crippen molar-refractivity contribution in [3.8, 4) is 5.88 Å². The molecule has 2 aliphatic heterocycles. The molecule has 0 bridgehead atoms. The number of piperidine rings is 1. The van der Waals surface area contributed by atoms with E-state index in [2.05, 4.69) is 10.3 Å². The minimum atomic E-state index is -0.847. The van der Waals surface area contributed by atoms with Crippen LogP contribution in [0, 0.1) is 6.92 Å². The van der Waals surface area contributed by atoms with Crippen molar-refractivity contribution < 1.29 is 9.53 Å². The number of hydrogen-bond donors (Lipinski definition) is 1. The van der Waals surface area contributed by atoms with E-state index in [4.69, 9.17) is 4.74 Å². The van der Waals surface area contributed by atoms with Gasteiger partial charge < -0.3 is 15.0 Å². The average molecular weight is 275 g/mol. The third-order valence-electron chi connectivity index (χ3n) is 3.99. The highest BCUT2D eigenvalue weighted by Gasteiger charge is 2.44. The molecule has 0 radical (unpaired) electrons. The fourth-order valence-corrected chi connectivity index (χ4v) is 2.90. The maximum absolute atomic E-state index is 12.8. The van der Waals surface area contributed by atoms with Crippen molar-refractivity contribution in [3.63, 3.8) is 0 Å². The van der Waals surface area contributed by atoms with Crippen LogP contribution < -0.4 is 15.0 Å². The van der Waals surface area contributed by atoms with E-state index in [0.29, 0.717) is 5.88 Å². The molecule has 5 nitrogen and oxygen atoms in total. The number of nitrogens with zero attached hydrogens (tertiary/aromatic N) is 2. The molecule has 0 aromatic carbocycles. The van der Waals surface area contributed by atoms with Crippen molar-refractivity contribution in [2.24, 2.45) is 0 Å². The first kappa shape index (κ1) is 13.4. The largest absolute Gasteiger partial charge is 0.460 e. The molecule has 0 saturated carbocycles. The van der Waals surface area contributed by atoms with Gasteiger partial charge in [0.2, 0.25) is 5.88 Å². The van der Waals surface area contributed by atoms with Crippen molar-refractivity contribution in [2.45, 2.75) is 45.3 Å². The van der Waals surface area contributed by atoms with E-state index in [1.165, 1.54) is 0 Å². The minimum Gasteiger partial charge on any atom is -0.460 e. The third kappa shape index (κ3) is 2.16. The summed E-state index contributed by atoms with van der Waals surface area (Å²) in [5, 5.41) is 3.34. The van der Waals surface area contributed by atoms with Gasteiger partial charge in [0.25, 0.3) is 5.91 Å². The molecule has 0 aliphatic carbocycles. The molecule has 0 spiro atoms. The fraction of sp³-hybridized carbons (Fsp3) is 0.600. The highest BCUT2D eigenvalue weighted by Crippen LogP contribution is 2.38. The van der Waals surface area contributed by atoms with Crippen molar-refractivity contribution in [3.05, 3.63) is 17.8 Å². The molecule has 5 heteroatoms. The Balaban J connectivity index is 2.05. The summed E-state index contributed by atoms with van der Waals surface area (Å²) in [7, 11) is 0. The number of pyridine rings is 1. The predicted octanol–water partition coefficient (Wildman–Crippen LogP) is 1.65. The van der Waals surface area contributed by atoms with Crippen molar-refractivity contribution in [1.82, 2.24) is 10.3 Å². The zero-order chi connectivity index (χ0) is 14.3. The molecule has 0 atom stereocenters. The summed E-state index contributed by atoms with van der Waals surface area (Å²) in [5.41, 5.74) is 1.01. The SMILES string of the molecule is Cc1cnc2c(c1)N(C1CCNCC1)C(=O)C(C)(C)O2. The van der Waals surface area contributed by atoms with Crippen LogP contribution in [0.15, 0.2) is 12.3 Å². The zero-order valence-electron chi connectivity index (χ0n) is 12.3. The molecule has 0 unspecified atom stereocenters. The summed E-state index contributed by atoms with van der Waals surface area (Å²) in [5.74, 6) is 0.600. The molecule has 3 rings (SSSR count). The van der Waals surface area contributed by atoms with Gasteiger partial charge in [-0.3, -0.25) is 4.79 Å². The number of nitrogens with one attached hydrogen (secondary N) is 1. The maximum atomic E-state index is 12.8. The number of carbonyl (C=O) groups is 1. The minimum absolute atomic E-state index is 0.0318. The van der Waals surface area contributed by atoms with E-state index in [0.717, 1.165) is 37.2 Å². The van der Waals surface area contributed by atoms with Gasteiger partial charge >= 0.3 is 0 Å². The summed E-state index contributed by atoms with van der Waals surface area (Å²) in [6.07, 6.45) is 3.72. The van der Waals surface area contributed by atoms with Crippen LogP contribution in [0.25, 0.3) is 0 Å². The number of aryl methyl sites for hydroxylation is 1. The van der Waals surface area contributed by atoms with Gasteiger partial charge in [0.1, 0.15) is 5.69 Å². The first-order valence-electron chi connectivity index (χ1n) is 7.19. The quantitative estimate of drug-likeness (QED) is 0.846. The van der Waals surface area contributed by atoms with E-state index in [1.807, 2.05) is 31.7 Å². The predicted molar refractivity (Wildman–Crippen MR) is 77.1 cm³/mol. The Morgan fingerprint density at radius 2 is 2.10 bits per heavy atom. The summed E-state index contributed by atoms with van der Waals surface area (Å²) < 4.78 is 5.79. The number of rotatable bonds is 1. The van der Waals surface area contributed by atoms with Crippen LogP contribution in [0.1, 0.15) is 32.3 Å². The molecule has 20 heavy (non-hydrogen) atoms. The Kier molecular flexibility index (Phi) is 3.17. The lowest BCUT2D eigenvalue weighted by atomic mass is 9.98. The molecule has 1 saturated heterocycles. The van der Waals surface area contributed by atoms with Gasteiger partial charge in [0.15, 0.2) is 5.60 Å². The lowest BCUT2D eigenvalue weighted by molar-refractivity contribution is -0.133. The fourth-order valence-electron chi connectivity index (χ4n) is 2.90. The van der Waals surface area contributed by atoms with Gasteiger partial charge in [-0.2, -0.15) is 0 Å². The highest BCUT2D eigenvalue weighted by molar-refractivity contribution is 6.02. The zero-order valence-corrected chi connectivity index (χ0v) is 12.3. The summed E-state index contributed by atoms with van der Waals surface area (Å²) in [6.45, 7) is 7.51. The van der Waals surface area contributed by atoms with Gasteiger partial charge in [-0.15, -0.1) is 0 Å². The second-order valence-electron chi connectivity index (χ2n) is 6.11. The number of amides is 1. The number of fused-ring (bicyclic) bond motifs is 1. The molecule has 1 aromatic heterocycles. The van der Waals surface area contributed by atoms with Crippen LogP contribution in [-0.4, -0.2) is 35.6 Å². The molecule has 1 N–H and O–H groups in total. The number of ether oxygens (including phenoxy) is 1. The van der Waals surface area contributed by atoms with Gasteiger partial charge in [-0.25, -0.2) is 4.98 Å². The lowest BCUT2D eigenvalue weighted by Crippen LogP contribution is -2.57. The normalized spacial score (nSPS) is 22.4. The van der Waals surface area contributed by atoms with Crippen molar-refractivity contribution in [2.75, 3.05) is 18.0 Å². The molecule has 1 aromatic rings. The maximum Gasteiger partial charge on any atom is 0.271 e. The Labute approximate surface area is 119 Å². The number of anilines is 1. The number of aromatic nitrogens is 1. The topological polar surface area (TPSA) is 54.5 Å². The Hall–Kier alpha value is -1.62. The molecule has 1 amide bonds. The van der Waals surface area contributed by atoms with Crippen molar-refractivity contribution in [1.29, 1.82) is 0 Å². The summed E-state index contributed by atoms with van der Waals surface area (Å²) in [4.78, 5) is 19.1. The Morgan fingerprint density at radius 1 is 1.40 bits per heavy atom. The van der Waals surface area contributed by atoms with Crippen LogP contribution in [-0.2, 0) is 4.79 Å². The molecular weight excluding hydrogens is 254 g/mol. The summed E-state index contributed by atoms with van der Waals surface area (Å²) in [6, 6.07) is 2.23. The molecular formula is C15H21N3O2. The first-order chi connectivity index (χ1) is 9.49. The van der Waals surface area contributed by atoms with Crippen LogP contribution >= 0.6 is 0 Å². The van der Waals surface area contributed by atoms with E-state index >= 15 is 0 Å². The van der Waals surface area contributed by atoms with Crippen LogP contribution in [0.4, 0.5) is 5.69 Å². The first-order valence-corrected chi connectivity index (χ1v) is 7.19. The molecule has 2 aliphatic rings. The standard InChI is InChI=1S/C15H21N3O2/c1-10-8-12-13(17-9-10)20-15(2,3)14(19)18(12)11-4-6-16-7-5-11/h8-9,11,16H,4-7H2,1-3H3. The van der Waals surface area contributed by atoms with Crippen LogP contribution in [0.2, 0.25) is 0 Å².